The minimum atomic E-state index is 0.0868. The maximum absolute atomic E-state index is 5.87. The van der Waals surface area contributed by atoms with Gasteiger partial charge in [0.25, 0.3) is 0 Å². The van der Waals surface area contributed by atoms with Gasteiger partial charge in [-0.3, -0.25) is 0 Å². The van der Waals surface area contributed by atoms with E-state index in [9.17, 15) is 0 Å². The lowest BCUT2D eigenvalue weighted by Gasteiger charge is -2.16. The first kappa shape index (κ1) is 19.5. The van der Waals surface area contributed by atoms with E-state index in [4.69, 9.17) is 4.74 Å². The van der Waals surface area contributed by atoms with Gasteiger partial charge in [0.15, 0.2) is 0 Å². The first-order chi connectivity index (χ1) is 13.4. The maximum atomic E-state index is 5.87. The number of benzene rings is 2. The van der Waals surface area contributed by atoms with Crippen LogP contribution in [0.25, 0.3) is 0 Å². The molecule has 1 aromatic heterocycles. The molecule has 0 aliphatic heterocycles. The summed E-state index contributed by atoms with van der Waals surface area (Å²) in [6, 6.07) is 17.9. The van der Waals surface area contributed by atoms with Crippen molar-refractivity contribution in [3.8, 4) is 5.75 Å². The Morgan fingerprint density at radius 3 is 2.32 bits per heavy atom. The summed E-state index contributed by atoms with van der Waals surface area (Å²) in [6.45, 7) is 5.96. The molecule has 0 saturated heterocycles. The molecule has 2 N–H and O–H groups in total. The van der Waals surface area contributed by atoms with E-state index in [0.29, 0.717) is 5.95 Å². The fourth-order valence-electron chi connectivity index (χ4n) is 2.73. The highest BCUT2D eigenvalue weighted by molar-refractivity contribution is 5.65. The van der Waals surface area contributed by atoms with Crippen molar-refractivity contribution < 1.29 is 4.74 Å². The molecule has 0 aliphatic carbocycles. The van der Waals surface area contributed by atoms with Crippen molar-refractivity contribution >= 4 is 28.8 Å². The van der Waals surface area contributed by atoms with E-state index >= 15 is 0 Å². The Morgan fingerprint density at radius 2 is 1.64 bits per heavy atom. The van der Waals surface area contributed by atoms with Crippen LogP contribution in [0, 0.1) is 6.92 Å². The van der Waals surface area contributed by atoms with Gasteiger partial charge in [-0.25, -0.2) is 4.98 Å². The molecule has 0 saturated carbocycles. The first-order valence-electron chi connectivity index (χ1n) is 9.33. The standard InChI is InChI=1S/C22H27N5O/c1-15(2)28-20-9-7-6-8-19(20)25-22-23-16(3)14-21(26-22)24-17-10-12-18(13-11-17)27(4)5/h6-15H,1-5H3,(H2,23,24,25,26). The van der Waals surface area contributed by atoms with Crippen LogP contribution in [0.15, 0.2) is 54.6 Å². The highest BCUT2D eigenvalue weighted by atomic mass is 16.5. The largest absolute Gasteiger partial charge is 0.489 e. The summed E-state index contributed by atoms with van der Waals surface area (Å²) in [4.78, 5) is 11.2. The molecule has 0 bridgehead atoms. The molecule has 0 atom stereocenters. The Kier molecular flexibility index (Phi) is 5.99. The van der Waals surface area contributed by atoms with Crippen LogP contribution >= 0.6 is 0 Å². The molecule has 3 aromatic rings. The Hall–Kier alpha value is -3.28. The van der Waals surface area contributed by atoms with Crippen LogP contribution in [-0.2, 0) is 0 Å². The lowest BCUT2D eigenvalue weighted by Crippen LogP contribution is -2.09. The minimum Gasteiger partial charge on any atom is -0.489 e. The molecule has 0 fully saturated rings. The number of ether oxygens (including phenoxy) is 1. The quantitative estimate of drug-likeness (QED) is 0.595. The van der Waals surface area contributed by atoms with Gasteiger partial charge in [-0.1, -0.05) is 12.1 Å². The average molecular weight is 377 g/mol. The second-order valence-electron chi connectivity index (χ2n) is 7.07. The van der Waals surface area contributed by atoms with Crippen LogP contribution in [-0.4, -0.2) is 30.2 Å². The number of aromatic nitrogens is 2. The molecular weight excluding hydrogens is 350 g/mol. The predicted molar refractivity (Wildman–Crippen MR) is 116 cm³/mol. The van der Waals surface area contributed by atoms with Gasteiger partial charge in [0.1, 0.15) is 11.6 Å². The van der Waals surface area contributed by atoms with Crippen molar-refractivity contribution in [3.63, 3.8) is 0 Å². The molecule has 0 amide bonds. The van der Waals surface area contributed by atoms with Gasteiger partial charge in [0.05, 0.1) is 11.8 Å². The van der Waals surface area contributed by atoms with Crippen molar-refractivity contribution in [1.82, 2.24) is 9.97 Å². The molecule has 3 rings (SSSR count). The highest BCUT2D eigenvalue weighted by Crippen LogP contribution is 2.28. The summed E-state index contributed by atoms with van der Waals surface area (Å²) < 4.78 is 5.87. The summed E-state index contributed by atoms with van der Waals surface area (Å²) in [5.41, 5.74) is 3.82. The lowest BCUT2D eigenvalue weighted by atomic mass is 10.2. The van der Waals surface area contributed by atoms with Gasteiger partial charge >= 0.3 is 0 Å². The number of nitrogens with one attached hydrogen (secondary N) is 2. The van der Waals surface area contributed by atoms with Gasteiger partial charge in [0, 0.05) is 37.2 Å². The molecule has 2 aromatic carbocycles. The Labute approximate surface area is 166 Å². The van der Waals surface area contributed by atoms with Crippen molar-refractivity contribution in [2.45, 2.75) is 26.9 Å². The summed E-state index contributed by atoms with van der Waals surface area (Å²) in [5, 5.41) is 6.62. The first-order valence-corrected chi connectivity index (χ1v) is 9.33. The maximum Gasteiger partial charge on any atom is 0.229 e. The van der Waals surface area contributed by atoms with Crippen LogP contribution in [0.1, 0.15) is 19.5 Å². The SMILES string of the molecule is Cc1cc(Nc2ccc(N(C)C)cc2)nc(Nc2ccccc2OC(C)C)n1. The Balaban J connectivity index is 1.80. The second kappa shape index (κ2) is 8.61. The predicted octanol–water partition coefficient (Wildman–Crippen LogP) is 5.13. The fourth-order valence-corrected chi connectivity index (χ4v) is 2.73. The molecule has 6 heteroatoms. The van der Waals surface area contributed by atoms with Gasteiger partial charge in [-0.2, -0.15) is 4.98 Å². The van der Waals surface area contributed by atoms with E-state index in [0.717, 1.165) is 34.3 Å². The number of nitrogens with zero attached hydrogens (tertiary/aromatic N) is 3. The highest BCUT2D eigenvalue weighted by Gasteiger charge is 2.09. The van der Waals surface area contributed by atoms with Crippen LogP contribution in [0.3, 0.4) is 0 Å². The van der Waals surface area contributed by atoms with Crippen LogP contribution < -0.4 is 20.3 Å². The van der Waals surface area contributed by atoms with E-state index < -0.39 is 0 Å². The molecule has 0 aliphatic rings. The van der Waals surface area contributed by atoms with Gasteiger partial charge < -0.3 is 20.3 Å². The van der Waals surface area contributed by atoms with E-state index in [-0.39, 0.29) is 6.10 Å². The third kappa shape index (κ3) is 5.13. The van der Waals surface area contributed by atoms with E-state index in [2.05, 4.69) is 37.6 Å². The number of anilines is 5. The smallest absolute Gasteiger partial charge is 0.229 e. The molecule has 28 heavy (non-hydrogen) atoms. The minimum absolute atomic E-state index is 0.0868. The number of rotatable bonds is 7. The van der Waals surface area contributed by atoms with Gasteiger partial charge in [-0.05, 0) is 57.2 Å². The Bertz CT molecular complexity index is 922. The summed E-state index contributed by atoms with van der Waals surface area (Å²) in [5.74, 6) is 2.03. The fraction of sp³-hybridized carbons (Fsp3) is 0.273. The summed E-state index contributed by atoms with van der Waals surface area (Å²) >= 11 is 0. The summed E-state index contributed by atoms with van der Waals surface area (Å²) in [7, 11) is 4.05. The molecule has 0 spiro atoms. The number of aryl methyl sites for hydroxylation is 1. The molecular formula is C22H27N5O. The zero-order valence-electron chi connectivity index (χ0n) is 17.0. The van der Waals surface area contributed by atoms with Crippen LogP contribution in [0.2, 0.25) is 0 Å². The van der Waals surface area contributed by atoms with Crippen molar-refractivity contribution in [2.24, 2.45) is 0 Å². The van der Waals surface area contributed by atoms with Crippen molar-refractivity contribution in [2.75, 3.05) is 29.6 Å². The van der Waals surface area contributed by atoms with Crippen LogP contribution in [0.5, 0.6) is 5.75 Å². The zero-order valence-corrected chi connectivity index (χ0v) is 17.0. The van der Waals surface area contributed by atoms with Gasteiger partial charge in [0.2, 0.25) is 5.95 Å². The number of hydrogen-bond donors (Lipinski definition) is 2. The van der Waals surface area contributed by atoms with Crippen LogP contribution in [0.4, 0.5) is 28.8 Å². The van der Waals surface area contributed by atoms with E-state index in [1.807, 2.05) is 77.3 Å². The average Bonchev–Trinajstić information content (AvgIpc) is 2.63. The number of hydrogen-bond acceptors (Lipinski definition) is 6. The van der Waals surface area contributed by atoms with E-state index in [1.165, 1.54) is 0 Å². The summed E-state index contributed by atoms with van der Waals surface area (Å²) in [6.07, 6.45) is 0.0868. The van der Waals surface area contributed by atoms with Gasteiger partial charge in [-0.15, -0.1) is 0 Å². The topological polar surface area (TPSA) is 62.3 Å². The monoisotopic (exact) mass is 377 g/mol. The second-order valence-corrected chi connectivity index (χ2v) is 7.07. The molecule has 146 valence electrons. The third-order valence-corrected chi connectivity index (χ3v) is 4.01. The van der Waals surface area contributed by atoms with Crippen molar-refractivity contribution in [1.29, 1.82) is 0 Å². The number of para-hydroxylation sites is 2. The zero-order chi connectivity index (χ0) is 20.1. The van der Waals surface area contributed by atoms with E-state index in [1.54, 1.807) is 0 Å². The normalized spacial score (nSPS) is 10.6. The molecule has 0 radical (unpaired) electrons. The molecule has 1 heterocycles. The molecule has 6 nitrogen and oxygen atoms in total. The lowest BCUT2D eigenvalue weighted by molar-refractivity contribution is 0.244. The Morgan fingerprint density at radius 1 is 0.929 bits per heavy atom. The molecule has 0 unspecified atom stereocenters. The van der Waals surface area contributed by atoms with Crippen molar-refractivity contribution in [3.05, 3.63) is 60.3 Å². The third-order valence-electron chi connectivity index (χ3n) is 4.01.